The summed E-state index contributed by atoms with van der Waals surface area (Å²) in [6.07, 6.45) is 0. The second kappa shape index (κ2) is 8.21. The van der Waals surface area contributed by atoms with E-state index in [-0.39, 0.29) is 6.04 Å². The van der Waals surface area contributed by atoms with Crippen molar-refractivity contribution >= 4 is 32.5 Å². The van der Waals surface area contributed by atoms with Crippen LogP contribution in [0.3, 0.4) is 0 Å². The van der Waals surface area contributed by atoms with Crippen LogP contribution in [-0.2, 0) is 11.0 Å². The predicted molar refractivity (Wildman–Crippen MR) is 128 cm³/mol. The molecule has 0 saturated heterocycles. The van der Waals surface area contributed by atoms with E-state index >= 15 is 0 Å². The van der Waals surface area contributed by atoms with E-state index in [0.29, 0.717) is 0 Å². The summed E-state index contributed by atoms with van der Waals surface area (Å²) in [5, 5.41) is 4.43. The Bertz CT molecular complexity index is 1280. The van der Waals surface area contributed by atoms with Gasteiger partial charge in [-0.2, -0.15) is 0 Å². The lowest BCUT2D eigenvalue weighted by Gasteiger charge is -2.19. The van der Waals surface area contributed by atoms with Crippen LogP contribution in [0.15, 0.2) is 65.6 Å². The van der Waals surface area contributed by atoms with Crippen LogP contribution in [0.2, 0.25) is 0 Å². The minimum Gasteiger partial charge on any atom is -0.496 e. The van der Waals surface area contributed by atoms with Gasteiger partial charge in [-0.25, -0.2) is 8.93 Å². The summed E-state index contributed by atoms with van der Waals surface area (Å²) in [5.74, 6) is 0.780. The molecule has 0 aliphatic carbocycles. The number of hydrogen-bond donors (Lipinski definition) is 1. The maximum Gasteiger partial charge on any atom is 0.127 e. The smallest absolute Gasteiger partial charge is 0.127 e. The van der Waals surface area contributed by atoms with Crippen molar-refractivity contribution in [2.75, 3.05) is 7.11 Å². The highest BCUT2D eigenvalue weighted by molar-refractivity contribution is 7.83. The van der Waals surface area contributed by atoms with Crippen molar-refractivity contribution in [3.05, 3.63) is 71.8 Å². The summed E-state index contributed by atoms with van der Waals surface area (Å²) in [7, 11) is 0.342. The minimum absolute atomic E-state index is 0.101. The second-order valence-electron chi connectivity index (χ2n) is 8.07. The van der Waals surface area contributed by atoms with Crippen LogP contribution < -0.4 is 9.46 Å². The minimum atomic E-state index is -1.35. The molecule has 1 unspecified atom stereocenters. The van der Waals surface area contributed by atoms with Gasteiger partial charge in [0.1, 0.15) is 16.7 Å². The maximum absolute atomic E-state index is 13.3. The summed E-state index contributed by atoms with van der Waals surface area (Å²) in [6.45, 7) is 8.19. The molecule has 4 aromatic carbocycles. The first kappa shape index (κ1) is 20.6. The highest BCUT2D eigenvalue weighted by Gasteiger charge is 2.21. The zero-order valence-electron chi connectivity index (χ0n) is 18.1. The SMILES string of the molecule is COc1ccc2cc(C)ccc2c1-c1c(S(=O)NC(C)C)ccc2cc(C)ccc12. The van der Waals surface area contributed by atoms with Gasteiger partial charge in [-0.05, 0) is 61.4 Å². The molecule has 4 aromatic rings. The highest BCUT2D eigenvalue weighted by atomic mass is 32.2. The molecule has 4 heteroatoms. The van der Waals surface area contributed by atoms with Gasteiger partial charge in [0, 0.05) is 17.2 Å². The van der Waals surface area contributed by atoms with E-state index in [4.69, 9.17) is 4.74 Å². The Morgan fingerprint density at radius 3 is 1.93 bits per heavy atom. The third-order valence-corrected chi connectivity index (χ3v) is 6.71. The monoisotopic (exact) mass is 417 g/mol. The van der Waals surface area contributed by atoms with Crippen LogP contribution in [0.25, 0.3) is 32.7 Å². The van der Waals surface area contributed by atoms with Crippen molar-refractivity contribution < 1.29 is 8.95 Å². The molecule has 0 aliphatic heterocycles. The molecule has 154 valence electrons. The van der Waals surface area contributed by atoms with E-state index in [0.717, 1.165) is 43.3 Å². The Balaban J connectivity index is 2.15. The van der Waals surface area contributed by atoms with E-state index in [2.05, 4.69) is 67.1 Å². The molecule has 3 nitrogen and oxygen atoms in total. The van der Waals surface area contributed by atoms with Crippen molar-refractivity contribution in [3.63, 3.8) is 0 Å². The van der Waals surface area contributed by atoms with E-state index in [1.165, 1.54) is 11.1 Å². The molecule has 0 fully saturated rings. The lowest BCUT2D eigenvalue weighted by Crippen LogP contribution is -2.25. The molecular weight excluding hydrogens is 390 g/mol. The van der Waals surface area contributed by atoms with Gasteiger partial charge >= 0.3 is 0 Å². The second-order valence-corrected chi connectivity index (χ2v) is 9.28. The number of rotatable bonds is 5. The fourth-order valence-corrected chi connectivity index (χ4v) is 5.12. The first-order chi connectivity index (χ1) is 14.4. The van der Waals surface area contributed by atoms with Crippen LogP contribution >= 0.6 is 0 Å². The molecule has 30 heavy (non-hydrogen) atoms. The summed E-state index contributed by atoms with van der Waals surface area (Å²) in [5.41, 5.74) is 4.35. The Hall–Kier alpha value is -2.69. The van der Waals surface area contributed by atoms with Gasteiger partial charge in [0.05, 0.1) is 12.0 Å². The summed E-state index contributed by atoms with van der Waals surface area (Å²) in [4.78, 5) is 0.770. The number of fused-ring (bicyclic) bond motifs is 2. The lowest BCUT2D eigenvalue weighted by molar-refractivity contribution is 0.417. The number of methoxy groups -OCH3 is 1. The van der Waals surface area contributed by atoms with Gasteiger partial charge in [-0.3, -0.25) is 0 Å². The van der Waals surface area contributed by atoms with Crippen LogP contribution in [0.1, 0.15) is 25.0 Å². The Morgan fingerprint density at radius 2 is 1.37 bits per heavy atom. The standard InChI is InChI=1S/C26H27NO2S/c1-16(2)27-30(28)24-13-9-20-15-18(4)7-11-22(20)26(24)25-21-10-6-17(3)14-19(21)8-12-23(25)29-5/h6-16,27H,1-5H3. The number of hydrogen-bond acceptors (Lipinski definition) is 2. The summed E-state index contributed by atoms with van der Waals surface area (Å²) < 4.78 is 22.3. The molecular formula is C26H27NO2S. The average Bonchev–Trinajstić information content (AvgIpc) is 2.71. The average molecular weight is 418 g/mol. The van der Waals surface area contributed by atoms with Crippen LogP contribution in [-0.4, -0.2) is 17.4 Å². The van der Waals surface area contributed by atoms with Crippen molar-refractivity contribution in [1.82, 2.24) is 4.72 Å². The normalized spacial score (nSPS) is 12.6. The number of aryl methyl sites for hydroxylation is 2. The summed E-state index contributed by atoms with van der Waals surface area (Å²) >= 11 is 0. The first-order valence-corrected chi connectivity index (χ1v) is 11.3. The zero-order valence-corrected chi connectivity index (χ0v) is 18.9. The van der Waals surface area contributed by atoms with E-state index in [1.54, 1.807) is 7.11 Å². The van der Waals surface area contributed by atoms with Crippen molar-refractivity contribution in [2.24, 2.45) is 0 Å². The van der Waals surface area contributed by atoms with Crippen molar-refractivity contribution in [3.8, 4) is 16.9 Å². The zero-order chi connectivity index (χ0) is 21.4. The van der Waals surface area contributed by atoms with E-state index < -0.39 is 11.0 Å². The molecule has 0 aromatic heterocycles. The largest absolute Gasteiger partial charge is 0.496 e. The van der Waals surface area contributed by atoms with Gasteiger partial charge in [-0.15, -0.1) is 0 Å². The Labute approximate surface area is 180 Å². The quantitative estimate of drug-likeness (QED) is 0.413. The molecule has 1 N–H and O–H groups in total. The van der Waals surface area contributed by atoms with Crippen LogP contribution in [0, 0.1) is 13.8 Å². The molecule has 0 spiro atoms. The van der Waals surface area contributed by atoms with E-state index in [1.807, 2.05) is 26.0 Å². The Morgan fingerprint density at radius 1 is 0.800 bits per heavy atom. The molecule has 0 saturated carbocycles. The maximum atomic E-state index is 13.3. The van der Waals surface area contributed by atoms with Gasteiger partial charge in [-0.1, -0.05) is 59.7 Å². The van der Waals surface area contributed by atoms with Gasteiger partial charge in [0.2, 0.25) is 0 Å². The van der Waals surface area contributed by atoms with Gasteiger partial charge in [0.15, 0.2) is 0 Å². The molecule has 0 bridgehead atoms. The molecule has 0 amide bonds. The topological polar surface area (TPSA) is 38.3 Å². The lowest BCUT2D eigenvalue weighted by atomic mass is 9.92. The van der Waals surface area contributed by atoms with Crippen molar-refractivity contribution in [2.45, 2.75) is 38.6 Å². The third kappa shape index (κ3) is 3.73. The van der Waals surface area contributed by atoms with Crippen LogP contribution in [0.4, 0.5) is 0 Å². The van der Waals surface area contributed by atoms with Crippen molar-refractivity contribution in [1.29, 1.82) is 0 Å². The molecule has 0 radical (unpaired) electrons. The number of ether oxygens (including phenoxy) is 1. The highest BCUT2D eigenvalue weighted by Crippen LogP contribution is 2.43. The molecule has 0 heterocycles. The predicted octanol–water partition coefficient (Wildman–Crippen LogP) is 6.31. The van der Waals surface area contributed by atoms with Crippen LogP contribution in [0.5, 0.6) is 5.75 Å². The van der Waals surface area contributed by atoms with E-state index in [9.17, 15) is 4.21 Å². The first-order valence-electron chi connectivity index (χ1n) is 10.2. The van der Waals surface area contributed by atoms with Gasteiger partial charge < -0.3 is 4.74 Å². The third-order valence-electron chi connectivity index (χ3n) is 5.29. The molecule has 0 aliphatic rings. The molecule has 4 rings (SSSR count). The fourth-order valence-electron chi connectivity index (χ4n) is 3.98. The summed E-state index contributed by atoms with van der Waals surface area (Å²) in [6, 6.07) is 21.1. The van der Waals surface area contributed by atoms with Gasteiger partial charge in [0.25, 0.3) is 0 Å². The molecule has 1 atom stereocenters. The number of nitrogens with one attached hydrogen (secondary N) is 1. The fraction of sp³-hybridized carbons (Fsp3) is 0.231. The Kier molecular flexibility index (Phi) is 5.63. The number of benzene rings is 4.